The molecule has 0 unspecified atom stereocenters. The van der Waals surface area contributed by atoms with Gasteiger partial charge in [-0.2, -0.15) is 0 Å². The van der Waals surface area contributed by atoms with Gasteiger partial charge >= 0.3 is 0 Å². The molecular formula is C16H20N2O2. The van der Waals surface area contributed by atoms with Crippen LogP contribution in [0.25, 0.3) is 10.9 Å². The number of nitrogens with zero attached hydrogens (tertiary/aromatic N) is 1. The van der Waals surface area contributed by atoms with E-state index in [2.05, 4.69) is 17.1 Å². The molecule has 4 heteroatoms. The summed E-state index contributed by atoms with van der Waals surface area (Å²) < 4.78 is 5.58. The molecule has 3 rings (SSSR count). The van der Waals surface area contributed by atoms with E-state index in [0.29, 0.717) is 18.8 Å². The van der Waals surface area contributed by atoms with Gasteiger partial charge in [0.25, 0.3) is 5.91 Å². The van der Waals surface area contributed by atoms with Crippen LogP contribution in [0.2, 0.25) is 0 Å². The minimum absolute atomic E-state index is 0.0569. The molecule has 1 aliphatic rings. The Kier molecular flexibility index (Phi) is 3.26. The number of aromatic amines is 1. The van der Waals surface area contributed by atoms with E-state index in [4.69, 9.17) is 4.74 Å². The van der Waals surface area contributed by atoms with Gasteiger partial charge in [0.1, 0.15) is 5.69 Å². The summed E-state index contributed by atoms with van der Waals surface area (Å²) in [6.45, 7) is 7.32. The first-order chi connectivity index (χ1) is 9.54. The van der Waals surface area contributed by atoms with Crippen LogP contribution in [0.3, 0.4) is 0 Å². The van der Waals surface area contributed by atoms with Crippen LogP contribution in [0.5, 0.6) is 0 Å². The van der Waals surface area contributed by atoms with E-state index in [0.717, 1.165) is 10.9 Å². The summed E-state index contributed by atoms with van der Waals surface area (Å²) in [5.41, 5.74) is 2.86. The van der Waals surface area contributed by atoms with E-state index in [1.165, 1.54) is 5.56 Å². The normalized spacial score (nSPS) is 23.2. The van der Waals surface area contributed by atoms with Crippen molar-refractivity contribution < 1.29 is 9.53 Å². The number of H-pyrrole nitrogens is 1. The first-order valence-electron chi connectivity index (χ1n) is 7.06. The molecule has 4 nitrogen and oxygen atoms in total. The number of aromatic nitrogens is 1. The van der Waals surface area contributed by atoms with Gasteiger partial charge in [-0.1, -0.05) is 12.1 Å². The van der Waals surface area contributed by atoms with E-state index in [1.807, 2.05) is 37.8 Å². The number of benzene rings is 1. The third-order valence-corrected chi connectivity index (χ3v) is 3.88. The predicted molar refractivity (Wildman–Crippen MR) is 78.9 cm³/mol. The average Bonchev–Trinajstić information content (AvgIpc) is 2.83. The largest absolute Gasteiger partial charge is 0.375 e. The van der Waals surface area contributed by atoms with Gasteiger partial charge < -0.3 is 14.6 Å². The van der Waals surface area contributed by atoms with Crippen molar-refractivity contribution in [3.63, 3.8) is 0 Å². The second kappa shape index (κ2) is 4.94. The minimum Gasteiger partial charge on any atom is -0.375 e. The lowest BCUT2D eigenvalue weighted by Crippen LogP contribution is -2.50. The number of ether oxygens (including phenoxy) is 1. The van der Waals surface area contributed by atoms with Crippen LogP contribution in [0.4, 0.5) is 0 Å². The lowest BCUT2D eigenvalue weighted by atomic mass is 10.1. The number of hydrogen-bond acceptors (Lipinski definition) is 2. The smallest absolute Gasteiger partial charge is 0.270 e. The Morgan fingerprint density at radius 2 is 2.15 bits per heavy atom. The number of aryl methyl sites for hydroxylation is 1. The van der Waals surface area contributed by atoms with E-state index in [-0.39, 0.29) is 18.1 Å². The monoisotopic (exact) mass is 272 g/mol. The van der Waals surface area contributed by atoms with Crippen LogP contribution in [0.1, 0.15) is 29.9 Å². The molecule has 0 spiro atoms. The molecule has 2 aromatic rings. The molecular weight excluding hydrogens is 252 g/mol. The fourth-order valence-electron chi connectivity index (χ4n) is 2.70. The van der Waals surface area contributed by atoms with Crippen molar-refractivity contribution in [3.05, 3.63) is 35.5 Å². The summed E-state index contributed by atoms with van der Waals surface area (Å²) in [7, 11) is 0. The highest BCUT2D eigenvalue weighted by Crippen LogP contribution is 2.20. The van der Waals surface area contributed by atoms with Crippen LogP contribution in [-0.2, 0) is 4.74 Å². The second-order valence-corrected chi connectivity index (χ2v) is 5.72. The van der Waals surface area contributed by atoms with Crippen molar-refractivity contribution in [3.8, 4) is 0 Å². The Balaban J connectivity index is 1.91. The Labute approximate surface area is 118 Å². The summed E-state index contributed by atoms with van der Waals surface area (Å²) in [6.07, 6.45) is 0.0989. The summed E-state index contributed by atoms with van der Waals surface area (Å²) >= 11 is 0. The molecule has 0 bridgehead atoms. The topological polar surface area (TPSA) is 45.3 Å². The highest BCUT2D eigenvalue weighted by Gasteiger charge is 2.28. The molecule has 1 N–H and O–H groups in total. The maximum Gasteiger partial charge on any atom is 0.270 e. The van der Waals surface area contributed by atoms with Gasteiger partial charge in [-0.3, -0.25) is 4.79 Å². The first-order valence-corrected chi connectivity index (χ1v) is 7.06. The SMILES string of the molecule is Cc1ccc2cc(C(=O)N3C[C@@H](C)OC[C@H]3C)[nH]c2c1. The zero-order valence-electron chi connectivity index (χ0n) is 12.1. The van der Waals surface area contributed by atoms with Gasteiger partial charge in [-0.05, 0) is 38.5 Å². The third-order valence-electron chi connectivity index (χ3n) is 3.88. The predicted octanol–water partition coefficient (Wildman–Crippen LogP) is 2.73. The van der Waals surface area contributed by atoms with Crippen molar-refractivity contribution in [1.82, 2.24) is 9.88 Å². The zero-order valence-corrected chi connectivity index (χ0v) is 12.1. The Bertz CT molecular complexity index is 647. The summed E-state index contributed by atoms with van der Waals surface area (Å²) in [5.74, 6) is 0.0569. The van der Waals surface area contributed by atoms with Crippen molar-refractivity contribution >= 4 is 16.8 Å². The van der Waals surface area contributed by atoms with E-state index >= 15 is 0 Å². The number of fused-ring (bicyclic) bond motifs is 1. The molecule has 0 saturated carbocycles. The Morgan fingerprint density at radius 3 is 2.95 bits per heavy atom. The number of hydrogen-bond donors (Lipinski definition) is 1. The molecule has 20 heavy (non-hydrogen) atoms. The highest BCUT2D eigenvalue weighted by molar-refractivity contribution is 5.98. The van der Waals surface area contributed by atoms with Crippen LogP contribution < -0.4 is 0 Å². The molecule has 106 valence electrons. The van der Waals surface area contributed by atoms with Crippen molar-refractivity contribution in [2.45, 2.75) is 32.9 Å². The van der Waals surface area contributed by atoms with Crippen molar-refractivity contribution in [2.75, 3.05) is 13.2 Å². The van der Waals surface area contributed by atoms with Gasteiger partial charge in [-0.25, -0.2) is 0 Å². The van der Waals surface area contributed by atoms with E-state index in [1.54, 1.807) is 0 Å². The van der Waals surface area contributed by atoms with Gasteiger partial charge in [0.15, 0.2) is 0 Å². The number of nitrogens with one attached hydrogen (secondary N) is 1. The third kappa shape index (κ3) is 2.31. The summed E-state index contributed by atoms with van der Waals surface area (Å²) in [4.78, 5) is 17.8. The number of carbonyl (C=O) groups excluding carboxylic acids is 1. The van der Waals surface area contributed by atoms with Gasteiger partial charge in [0, 0.05) is 17.4 Å². The maximum atomic E-state index is 12.6. The molecule has 0 radical (unpaired) electrons. The molecule has 2 atom stereocenters. The standard InChI is InChI=1S/C16H20N2O2/c1-10-4-5-13-7-15(17-14(13)6-10)16(19)18-8-12(3)20-9-11(18)2/h4-7,11-12,17H,8-9H2,1-3H3/t11-,12-/m1/s1. The molecule has 1 fully saturated rings. The van der Waals surface area contributed by atoms with Gasteiger partial charge in [0.2, 0.25) is 0 Å². The Hall–Kier alpha value is -1.81. The lowest BCUT2D eigenvalue weighted by Gasteiger charge is -2.36. The Morgan fingerprint density at radius 1 is 1.35 bits per heavy atom. The average molecular weight is 272 g/mol. The minimum atomic E-state index is 0.0569. The fraction of sp³-hybridized carbons (Fsp3) is 0.438. The second-order valence-electron chi connectivity index (χ2n) is 5.72. The van der Waals surface area contributed by atoms with Crippen LogP contribution in [0.15, 0.2) is 24.3 Å². The molecule has 1 aliphatic heterocycles. The zero-order chi connectivity index (χ0) is 14.3. The number of carbonyl (C=O) groups is 1. The van der Waals surface area contributed by atoms with Crippen LogP contribution in [0, 0.1) is 6.92 Å². The van der Waals surface area contributed by atoms with E-state index < -0.39 is 0 Å². The molecule has 1 saturated heterocycles. The summed E-state index contributed by atoms with van der Waals surface area (Å²) in [5, 5.41) is 1.08. The van der Waals surface area contributed by atoms with Gasteiger partial charge in [0.05, 0.1) is 18.8 Å². The summed E-state index contributed by atoms with van der Waals surface area (Å²) in [6, 6.07) is 8.22. The first kappa shape index (κ1) is 13.2. The molecule has 1 amide bonds. The fourth-order valence-corrected chi connectivity index (χ4v) is 2.70. The molecule has 1 aromatic heterocycles. The molecule has 2 heterocycles. The molecule has 1 aromatic carbocycles. The van der Waals surface area contributed by atoms with Crippen LogP contribution in [-0.4, -0.2) is 41.1 Å². The number of rotatable bonds is 1. The quantitative estimate of drug-likeness (QED) is 0.867. The van der Waals surface area contributed by atoms with Crippen LogP contribution >= 0.6 is 0 Å². The van der Waals surface area contributed by atoms with Crippen molar-refractivity contribution in [1.29, 1.82) is 0 Å². The van der Waals surface area contributed by atoms with Gasteiger partial charge in [-0.15, -0.1) is 0 Å². The van der Waals surface area contributed by atoms with E-state index in [9.17, 15) is 4.79 Å². The number of amides is 1. The van der Waals surface area contributed by atoms with Crippen molar-refractivity contribution in [2.24, 2.45) is 0 Å². The molecule has 0 aliphatic carbocycles. The lowest BCUT2D eigenvalue weighted by molar-refractivity contribution is -0.0388. The maximum absolute atomic E-state index is 12.6. The highest BCUT2D eigenvalue weighted by atomic mass is 16.5. The number of morpholine rings is 1.